The predicted octanol–water partition coefficient (Wildman–Crippen LogP) is 2.49. The van der Waals surface area contributed by atoms with E-state index in [-0.39, 0.29) is 19.8 Å². The Hall–Kier alpha value is -4.25. The average molecular weight is 755 g/mol. The fourth-order valence-electron chi connectivity index (χ4n) is 4.34. The van der Waals surface area contributed by atoms with Crippen LogP contribution in [0.2, 0.25) is 0 Å². The topological polar surface area (TPSA) is 182 Å². The average Bonchev–Trinajstić information content (AvgIpc) is 3.01. The fourth-order valence-corrected chi connectivity index (χ4v) is 5.25. The summed E-state index contributed by atoms with van der Waals surface area (Å²) in [7, 11) is 0. The van der Waals surface area contributed by atoms with Crippen molar-refractivity contribution in [3.63, 3.8) is 0 Å². The molecule has 2 amide bonds. The van der Waals surface area contributed by atoms with E-state index in [0.717, 1.165) is 13.8 Å². The van der Waals surface area contributed by atoms with Crippen LogP contribution in [-0.4, -0.2) is 77.0 Å². The third kappa shape index (κ3) is 11.9. The molecule has 248 valence electrons. The molecule has 1 saturated heterocycles. The van der Waals surface area contributed by atoms with Crippen LogP contribution in [0.25, 0.3) is 0 Å². The van der Waals surface area contributed by atoms with E-state index in [9.17, 15) is 28.8 Å². The van der Waals surface area contributed by atoms with Gasteiger partial charge in [0.25, 0.3) is 0 Å². The quantitative estimate of drug-likeness (QED) is 0.132. The van der Waals surface area contributed by atoms with Crippen molar-refractivity contribution < 1.29 is 57.2 Å². The Morgan fingerprint density at radius 3 is 1.85 bits per heavy atom. The summed E-state index contributed by atoms with van der Waals surface area (Å²) in [5.74, 6) is -3.69. The lowest BCUT2D eigenvalue weighted by atomic mass is 10.00. The van der Waals surface area contributed by atoms with Crippen LogP contribution >= 0.6 is 22.6 Å². The lowest BCUT2D eigenvalue weighted by Gasteiger charge is -2.43. The van der Waals surface area contributed by atoms with Gasteiger partial charge in [-0.25, -0.2) is 9.59 Å². The van der Waals surface area contributed by atoms with Crippen LogP contribution < -0.4 is 10.6 Å². The van der Waals surface area contributed by atoms with Gasteiger partial charge in [-0.3, -0.25) is 19.2 Å². The number of hydrogen-bond acceptors (Lipinski definition) is 12. The lowest BCUT2D eigenvalue weighted by molar-refractivity contribution is -0.214. The minimum absolute atomic E-state index is 0.0815. The van der Waals surface area contributed by atoms with Crippen molar-refractivity contribution in [3.05, 3.63) is 71.8 Å². The van der Waals surface area contributed by atoms with Gasteiger partial charge >= 0.3 is 30.0 Å². The highest BCUT2D eigenvalue weighted by Gasteiger charge is 2.50. The van der Waals surface area contributed by atoms with Gasteiger partial charge in [0.15, 0.2) is 12.2 Å². The smallest absolute Gasteiger partial charge is 0.408 e. The normalized spacial score (nSPS) is 21.1. The third-order valence-corrected chi connectivity index (χ3v) is 7.74. The van der Waals surface area contributed by atoms with E-state index in [0.29, 0.717) is 11.1 Å². The van der Waals surface area contributed by atoms with Crippen LogP contribution in [0.5, 0.6) is 0 Å². The highest BCUT2D eigenvalue weighted by Crippen LogP contribution is 2.31. The molecule has 14 nitrogen and oxygen atoms in total. The standard InChI is InChI=1S/C31H35IN2O12/c1-18(35)41-17-24-27(44-19(2)36)28(45-20(3)37)26(32)29(46-24)34-25(38)14-23(30(39)42-15-21-10-6-4-7-11-21)33-31(40)43-16-22-12-8-5-9-13-22/h4-13,23-24,26-29H,14-17H2,1-3H3,(H,33,40)(H,34,38)/t23-,24+,26+,27+,28+,29+/m0/s1. The number of benzene rings is 2. The van der Waals surface area contributed by atoms with Crippen molar-refractivity contribution >= 4 is 58.5 Å². The molecular weight excluding hydrogens is 719 g/mol. The van der Waals surface area contributed by atoms with Gasteiger partial charge in [0, 0.05) is 20.8 Å². The molecule has 0 bridgehead atoms. The van der Waals surface area contributed by atoms with E-state index in [1.807, 2.05) is 22.6 Å². The minimum atomic E-state index is -1.46. The van der Waals surface area contributed by atoms with E-state index >= 15 is 0 Å². The van der Waals surface area contributed by atoms with Gasteiger partial charge in [-0.1, -0.05) is 83.3 Å². The number of halogens is 1. The number of amides is 2. The third-order valence-electron chi connectivity index (χ3n) is 6.38. The maximum Gasteiger partial charge on any atom is 0.408 e. The number of esters is 4. The SMILES string of the molecule is CC(=O)OC[C@H]1O[C@@H](NC(=O)C[C@H](NC(=O)OCc2ccccc2)C(=O)OCc2ccccc2)[C@H](I)[C@@H](OC(C)=O)[C@@H]1OC(C)=O. The van der Waals surface area contributed by atoms with Crippen molar-refractivity contribution in [1.82, 2.24) is 10.6 Å². The highest BCUT2D eigenvalue weighted by atomic mass is 127. The first-order chi connectivity index (χ1) is 21.9. The number of rotatable bonds is 13. The van der Waals surface area contributed by atoms with Gasteiger partial charge < -0.3 is 39.1 Å². The molecule has 1 fully saturated rings. The van der Waals surface area contributed by atoms with Crippen LogP contribution in [0, 0.1) is 0 Å². The second-order valence-electron chi connectivity index (χ2n) is 10.1. The van der Waals surface area contributed by atoms with Crippen molar-refractivity contribution in [2.75, 3.05) is 6.61 Å². The number of alkyl halides is 1. The summed E-state index contributed by atoms with van der Waals surface area (Å²) in [5.41, 5.74) is 1.39. The van der Waals surface area contributed by atoms with Crippen molar-refractivity contribution in [2.45, 2.75) is 74.9 Å². The van der Waals surface area contributed by atoms with Gasteiger partial charge in [-0.15, -0.1) is 0 Å². The first-order valence-electron chi connectivity index (χ1n) is 14.2. The van der Waals surface area contributed by atoms with Crippen molar-refractivity contribution in [2.24, 2.45) is 0 Å². The predicted molar refractivity (Wildman–Crippen MR) is 167 cm³/mol. The summed E-state index contributed by atoms with van der Waals surface area (Å²) in [5, 5.41) is 5.00. The Kier molecular flexibility index (Phi) is 14.2. The van der Waals surface area contributed by atoms with Gasteiger partial charge in [-0.2, -0.15) is 0 Å². The van der Waals surface area contributed by atoms with Gasteiger partial charge in [0.2, 0.25) is 5.91 Å². The zero-order chi connectivity index (χ0) is 33.6. The van der Waals surface area contributed by atoms with E-state index in [4.69, 9.17) is 28.4 Å². The molecule has 15 heteroatoms. The van der Waals surface area contributed by atoms with Crippen LogP contribution in [0.3, 0.4) is 0 Å². The number of nitrogens with one attached hydrogen (secondary N) is 2. The molecule has 0 saturated carbocycles. The molecule has 0 unspecified atom stereocenters. The molecule has 1 heterocycles. The molecular formula is C31H35IN2O12. The van der Waals surface area contributed by atoms with Crippen molar-refractivity contribution in [3.8, 4) is 0 Å². The molecule has 2 aromatic carbocycles. The first kappa shape index (κ1) is 36.2. The zero-order valence-electron chi connectivity index (χ0n) is 25.3. The second kappa shape index (κ2) is 18.0. The number of hydrogen-bond donors (Lipinski definition) is 2. The molecule has 0 radical (unpaired) electrons. The van der Waals surface area contributed by atoms with Crippen LogP contribution in [0.4, 0.5) is 4.79 Å². The minimum Gasteiger partial charge on any atom is -0.463 e. The summed E-state index contributed by atoms with van der Waals surface area (Å²) >= 11 is 1.87. The van der Waals surface area contributed by atoms with Gasteiger partial charge in [0.05, 0.1) is 10.3 Å². The van der Waals surface area contributed by atoms with Gasteiger partial charge in [0.1, 0.15) is 38.2 Å². The fraction of sp³-hybridized carbons (Fsp3) is 0.419. The monoisotopic (exact) mass is 754 g/mol. The maximum absolute atomic E-state index is 13.3. The molecule has 6 atom stereocenters. The largest absolute Gasteiger partial charge is 0.463 e. The van der Waals surface area contributed by atoms with E-state index in [1.165, 1.54) is 6.92 Å². The highest BCUT2D eigenvalue weighted by molar-refractivity contribution is 14.1. The summed E-state index contributed by atoms with van der Waals surface area (Å²) in [6, 6.07) is 16.2. The molecule has 2 aromatic rings. The first-order valence-corrected chi connectivity index (χ1v) is 15.4. The zero-order valence-corrected chi connectivity index (χ0v) is 27.5. The molecule has 1 aliphatic rings. The summed E-state index contributed by atoms with van der Waals surface area (Å²) in [6.07, 6.45) is -6.13. The number of ether oxygens (including phenoxy) is 6. The molecule has 0 spiro atoms. The number of carbonyl (C=O) groups excluding carboxylic acids is 6. The Morgan fingerprint density at radius 2 is 1.30 bits per heavy atom. The number of carbonyl (C=O) groups is 6. The Morgan fingerprint density at radius 1 is 0.761 bits per heavy atom. The Balaban J connectivity index is 1.74. The molecule has 2 N–H and O–H groups in total. The van der Waals surface area contributed by atoms with Crippen LogP contribution in [0.1, 0.15) is 38.3 Å². The number of alkyl carbamates (subject to hydrolysis) is 1. The van der Waals surface area contributed by atoms with Crippen LogP contribution in [-0.2, 0) is 65.6 Å². The maximum atomic E-state index is 13.3. The van der Waals surface area contributed by atoms with E-state index < -0.39 is 76.8 Å². The van der Waals surface area contributed by atoms with E-state index in [1.54, 1.807) is 60.7 Å². The Bertz CT molecular complexity index is 1360. The lowest BCUT2D eigenvalue weighted by Crippen LogP contribution is -2.63. The molecule has 3 rings (SSSR count). The molecule has 0 aromatic heterocycles. The Labute approximate surface area is 278 Å². The summed E-state index contributed by atoms with van der Waals surface area (Å²) < 4.78 is 31.6. The molecule has 1 aliphatic heterocycles. The second-order valence-corrected chi connectivity index (χ2v) is 11.6. The molecule has 0 aliphatic carbocycles. The van der Waals surface area contributed by atoms with E-state index in [2.05, 4.69) is 10.6 Å². The summed E-state index contributed by atoms with van der Waals surface area (Å²) in [6.45, 7) is 2.90. The van der Waals surface area contributed by atoms with Gasteiger partial charge in [-0.05, 0) is 11.1 Å². The van der Waals surface area contributed by atoms with Crippen LogP contribution in [0.15, 0.2) is 60.7 Å². The molecule has 46 heavy (non-hydrogen) atoms. The summed E-state index contributed by atoms with van der Waals surface area (Å²) in [4.78, 5) is 74.3. The van der Waals surface area contributed by atoms with Crippen molar-refractivity contribution in [1.29, 1.82) is 0 Å².